The van der Waals surface area contributed by atoms with Gasteiger partial charge in [-0.1, -0.05) is 52.7 Å². The normalized spacial score (nSPS) is 25.1. The lowest BCUT2D eigenvalue weighted by Crippen LogP contribution is -2.35. The van der Waals surface area contributed by atoms with E-state index in [-0.39, 0.29) is 28.2 Å². The molecule has 0 aromatic heterocycles. The molecule has 0 unspecified atom stereocenters. The maximum Gasteiger partial charge on any atom is 0.167 e. The van der Waals surface area contributed by atoms with Crippen LogP contribution in [0.4, 0.5) is 0 Å². The van der Waals surface area contributed by atoms with Gasteiger partial charge in [-0.2, -0.15) is 0 Å². The van der Waals surface area contributed by atoms with E-state index in [4.69, 9.17) is 4.74 Å². The molecule has 1 atom stereocenters. The Morgan fingerprint density at radius 1 is 1.09 bits per heavy atom. The van der Waals surface area contributed by atoms with Crippen molar-refractivity contribution in [1.82, 2.24) is 0 Å². The van der Waals surface area contributed by atoms with Crippen LogP contribution in [0, 0.1) is 5.41 Å². The van der Waals surface area contributed by atoms with Crippen LogP contribution in [0.25, 0.3) is 6.08 Å². The van der Waals surface area contributed by atoms with Crippen molar-refractivity contribution in [2.75, 3.05) is 7.11 Å². The number of phenolic OH excluding ortho intramolecular Hbond substituents is 2. The Morgan fingerprint density at radius 2 is 1.74 bits per heavy atom. The minimum absolute atomic E-state index is 0.0722. The molecule has 3 rings (SSSR count). The van der Waals surface area contributed by atoms with E-state index < -0.39 is 0 Å². The molecule has 0 amide bonds. The second-order valence-corrected chi connectivity index (χ2v) is 8.22. The number of aromatic hydroxyl groups is 2. The molecule has 2 aliphatic carbocycles. The van der Waals surface area contributed by atoms with E-state index in [9.17, 15) is 10.2 Å². The smallest absolute Gasteiger partial charge is 0.167 e. The zero-order valence-electron chi connectivity index (χ0n) is 15.1. The summed E-state index contributed by atoms with van der Waals surface area (Å²) in [5, 5.41) is 21.9. The Labute approximate surface area is 139 Å². The SMILES string of the molecule is COc1c(O)c2c(c(O)c1C(C)C)C=C1C(C)(C)CCC[C@@]12C. The van der Waals surface area contributed by atoms with Gasteiger partial charge in [-0.3, -0.25) is 0 Å². The predicted octanol–water partition coefficient (Wildman–Crippen LogP) is 5.09. The van der Waals surface area contributed by atoms with Crippen LogP contribution in [0.5, 0.6) is 17.2 Å². The van der Waals surface area contributed by atoms with Crippen LogP contribution >= 0.6 is 0 Å². The van der Waals surface area contributed by atoms with Gasteiger partial charge >= 0.3 is 0 Å². The Bertz CT molecular complexity index is 698. The number of fused-ring (bicyclic) bond motifs is 3. The number of hydrogen-bond acceptors (Lipinski definition) is 3. The first-order valence-corrected chi connectivity index (χ1v) is 8.54. The molecule has 0 spiro atoms. The van der Waals surface area contributed by atoms with Crippen LogP contribution in [-0.4, -0.2) is 17.3 Å². The minimum atomic E-state index is -0.221. The molecular formula is C20H28O3. The van der Waals surface area contributed by atoms with E-state index in [1.54, 1.807) is 7.11 Å². The molecule has 1 fully saturated rings. The maximum atomic E-state index is 11.0. The molecule has 0 saturated heterocycles. The first-order valence-electron chi connectivity index (χ1n) is 8.54. The molecule has 0 bridgehead atoms. The number of benzene rings is 1. The van der Waals surface area contributed by atoms with E-state index >= 15 is 0 Å². The van der Waals surface area contributed by atoms with Crippen molar-refractivity contribution < 1.29 is 14.9 Å². The monoisotopic (exact) mass is 316 g/mol. The molecule has 0 heterocycles. The number of rotatable bonds is 2. The molecule has 2 aliphatic rings. The van der Waals surface area contributed by atoms with Gasteiger partial charge in [0.1, 0.15) is 5.75 Å². The van der Waals surface area contributed by atoms with Crippen LogP contribution in [0.2, 0.25) is 0 Å². The van der Waals surface area contributed by atoms with Crippen LogP contribution in [0.3, 0.4) is 0 Å². The average molecular weight is 316 g/mol. The van der Waals surface area contributed by atoms with E-state index in [0.29, 0.717) is 11.3 Å². The van der Waals surface area contributed by atoms with Crippen molar-refractivity contribution in [3.8, 4) is 17.2 Å². The third kappa shape index (κ3) is 2.02. The van der Waals surface area contributed by atoms with Gasteiger partial charge in [0.05, 0.1) is 7.11 Å². The summed E-state index contributed by atoms with van der Waals surface area (Å²) in [6.07, 6.45) is 5.37. The molecule has 3 heteroatoms. The van der Waals surface area contributed by atoms with Crippen molar-refractivity contribution >= 4 is 6.08 Å². The van der Waals surface area contributed by atoms with Gasteiger partial charge in [0.15, 0.2) is 11.5 Å². The van der Waals surface area contributed by atoms with E-state index in [1.807, 2.05) is 13.8 Å². The summed E-state index contributed by atoms with van der Waals surface area (Å²) in [6, 6.07) is 0. The van der Waals surface area contributed by atoms with Gasteiger partial charge in [-0.15, -0.1) is 0 Å². The fourth-order valence-corrected chi connectivity index (χ4v) is 4.84. The highest BCUT2D eigenvalue weighted by molar-refractivity contribution is 5.81. The van der Waals surface area contributed by atoms with Gasteiger partial charge in [-0.05, 0) is 24.2 Å². The maximum absolute atomic E-state index is 11.0. The highest BCUT2D eigenvalue weighted by Crippen LogP contribution is 2.63. The number of allylic oxidation sites excluding steroid dienone is 1. The number of ether oxygens (including phenoxy) is 1. The summed E-state index contributed by atoms with van der Waals surface area (Å²) in [7, 11) is 1.56. The third-order valence-corrected chi connectivity index (χ3v) is 5.90. The van der Waals surface area contributed by atoms with Gasteiger partial charge < -0.3 is 14.9 Å². The molecule has 1 aromatic carbocycles. The van der Waals surface area contributed by atoms with Gasteiger partial charge in [-0.25, -0.2) is 0 Å². The summed E-state index contributed by atoms with van der Waals surface area (Å²) in [4.78, 5) is 0. The first-order chi connectivity index (χ1) is 10.6. The molecule has 0 aliphatic heterocycles. The lowest BCUT2D eigenvalue weighted by molar-refractivity contribution is 0.260. The summed E-state index contributed by atoms with van der Waals surface area (Å²) in [5.74, 6) is 0.970. The fourth-order valence-electron chi connectivity index (χ4n) is 4.84. The second-order valence-electron chi connectivity index (χ2n) is 8.22. The first kappa shape index (κ1) is 16.2. The van der Waals surface area contributed by atoms with Crippen LogP contribution in [0.1, 0.15) is 76.5 Å². The quantitative estimate of drug-likeness (QED) is 0.747. The van der Waals surface area contributed by atoms with Crippen LogP contribution in [-0.2, 0) is 5.41 Å². The number of phenols is 2. The van der Waals surface area contributed by atoms with Gasteiger partial charge in [0, 0.05) is 22.1 Å². The molecule has 126 valence electrons. The lowest BCUT2D eigenvalue weighted by atomic mass is 9.60. The molecule has 23 heavy (non-hydrogen) atoms. The van der Waals surface area contributed by atoms with E-state index in [0.717, 1.165) is 30.4 Å². The molecular weight excluding hydrogens is 288 g/mol. The Balaban J connectivity index is 2.36. The van der Waals surface area contributed by atoms with Gasteiger partial charge in [0.2, 0.25) is 0 Å². The van der Waals surface area contributed by atoms with Crippen molar-refractivity contribution in [2.24, 2.45) is 5.41 Å². The van der Waals surface area contributed by atoms with Crippen molar-refractivity contribution in [2.45, 2.75) is 65.2 Å². The standard InChI is InChI=1S/C20H28O3/c1-11(2)14-16(21)12-10-13-19(3,4)8-7-9-20(13,5)15(12)17(22)18(14)23-6/h10-11,21-22H,7-9H2,1-6H3/t20-/m0/s1. The zero-order chi connectivity index (χ0) is 17.2. The van der Waals surface area contributed by atoms with E-state index in [1.165, 1.54) is 5.57 Å². The Kier molecular flexibility index (Phi) is 3.48. The fraction of sp³-hybridized carbons (Fsp3) is 0.600. The van der Waals surface area contributed by atoms with Gasteiger partial charge in [0.25, 0.3) is 0 Å². The lowest BCUT2D eigenvalue weighted by Gasteiger charge is -2.44. The summed E-state index contributed by atoms with van der Waals surface area (Å²) < 4.78 is 5.49. The highest BCUT2D eigenvalue weighted by Gasteiger charge is 2.49. The molecule has 2 N–H and O–H groups in total. The Hall–Kier alpha value is -1.64. The third-order valence-electron chi connectivity index (χ3n) is 5.90. The topological polar surface area (TPSA) is 49.7 Å². The highest BCUT2D eigenvalue weighted by atomic mass is 16.5. The largest absolute Gasteiger partial charge is 0.507 e. The Morgan fingerprint density at radius 3 is 2.30 bits per heavy atom. The van der Waals surface area contributed by atoms with E-state index in [2.05, 4.69) is 26.8 Å². The molecule has 0 radical (unpaired) electrons. The van der Waals surface area contributed by atoms with Crippen LogP contribution in [0.15, 0.2) is 5.57 Å². The summed E-state index contributed by atoms with van der Waals surface area (Å²) in [5.41, 5.74) is 3.51. The number of methoxy groups -OCH3 is 1. The predicted molar refractivity (Wildman–Crippen MR) is 93.4 cm³/mol. The molecule has 3 nitrogen and oxygen atoms in total. The number of hydrogen-bond donors (Lipinski definition) is 2. The van der Waals surface area contributed by atoms with Crippen molar-refractivity contribution in [1.29, 1.82) is 0 Å². The minimum Gasteiger partial charge on any atom is -0.507 e. The second kappa shape index (κ2) is 4.93. The van der Waals surface area contributed by atoms with Crippen molar-refractivity contribution in [3.63, 3.8) is 0 Å². The van der Waals surface area contributed by atoms with Crippen molar-refractivity contribution in [3.05, 3.63) is 22.3 Å². The molecule has 1 aromatic rings. The summed E-state index contributed by atoms with van der Waals surface area (Å²) in [6.45, 7) is 10.7. The van der Waals surface area contributed by atoms with Crippen LogP contribution < -0.4 is 4.74 Å². The summed E-state index contributed by atoms with van der Waals surface area (Å²) >= 11 is 0. The zero-order valence-corrected chi connectivity index (χ0v) is 15.1. The average Bonchev–Trinajstić information content (AvgIpc) is 2.77. The molecule has 1 saturated carbocycles.